The summed E-state index contributed by atoms with van der Waals surface area (Å²) in [6, 6.07) is 3.39. The molecule has 4 nitrogen and oxygen atoms in total. The highest BCUT2D eigenvalue weighted by Gasteiger charge is 2.05. The number of aromatic nitrogens is 1. The molecule has 0 radical (unpaired) electrons. The second-order valence-corrected chi connectivity index (χ2v) is 5.26. The zero-order valence-corrected chi connectivity index (χ0v) is 12.4. The van der Waals surface area contributed by atoms with Crippen LogP contribution < -0.4 is 5.32 Å². The fraction of sp³-hybridized carbons (Fsp3) is 0.538. The fourth-order valence-electron chi connectivity index (χ4n) is 1.34. The first kappa shape index (κ1) is 15.1. The van der Waals surface area contributed by atoms with Crippen LogP contribution in [0.15, 0.2) is 22.9 Å². The van der Waals surface area contributed by atoms with Crippen molar-refractivity contribution < 1.29 is 9.53 Å². The molecule has 1 amide bonds. The molecule has 0 fully saturated rings. The van der Waals surface area contributed by atoms with Crippen molar-refractivity contribution in [3.8, 4) is 0 Å². The van der Waals surface area contributed by atoms with Crippen LogP contribution in [0.2, 0.25) is 0 Å². The Balaban J connectivity index is 2.18. The van der Waals surface area contributed by atoms with Crippen molar-refractivity contribution in [3.05, 3.63) is 28.5 Å². The van der Waals surface area contributed by atoms with Crippen molar-refractivity contribution in [1.82, 2.24) is 10.3 Å². The quantitative estimate of drug-likeness (QED) is 0.622. The largest absolute Gasteiger partial charge is 0.381 e. The van der Waals surface area contributed by atoms with Crippen LogP contribution in [-0.4, -0.2) is 30.6 Å². The average Bonchev–Trinajstić information content (AvgIpc) is 2.33. The summed E-state index contributed by atoms with van der Waals surface area (Å²) in [6.07, 6.45) is 2.43. The molecule has 100 valence electrons. The minimum absolute atomic E-state index is 0.0815. The van der Waals surface area contributed by atoms with E-state index in [-0.39, 0.29) is 5.91 Å². The third-order valence-electron chi connectivity index (χ3n) is 2.19. The number of amides is 1. The van der Waals surface area contributed by atoms with Crippen LogP contribution in [0.25, 0.3) is 0 Å². The van der Waals surface area contributed by atoms with Crippen LogP contribution in [0.1, 0.15) is 30.6 Å². The highest BCUT2D eigenvalue weighted by Crippen LogP contribution is 2.07. The van der Waals surface area contributed by atoms with E-state index in [1.807, 2.05) is 0 Å². The van der Waals surface area contributed by atoms with Gasteiger partial charge in [-0.05, 0) is 40.4 Å². The number of nitrogens with zero attached hydrogens (tertiary/aromatic N) is 1. The van der Waals surface area contributed by atoms with Gasteiger partial charge in [-0.25, -0.2) is 4.98 Å². The van der Waals surface area contributed by atoms with Gasteiger partial charge >= 0.3 is 0 Å². The third-order valence-corrected chi connectivity index (χ3v) is 2.62. The lowest BCUT2D eigenvalue weighted by atomic mass is 10.2. The zero-order valence-electron chi connectivity index (χ0n) is 10.8. The number of hydrogen-bond acceptors (Lipinski definition) is 3. The van der Waals surface area contributed by atoms with Gasteiger partial charge in [0, 0.05) is 31.5 Å². The second-order valence-electron chi connectivity index (χ2n) is 4.45. The molecule has 5 heteroatoms. The topological polar surface area (TPSA) is 51.2 Å². The Labute approximate surface area is 116 Å². The van der Waals surface area contributed by atoms with Crippen LogP contribution in [0, 0.1) is 5.92 Å². The number of hydrogen-bond donors (Lipinski definition) is 1. The smallest absolute Gasteiger partial charge is 0.251 e. The molecule has 0 aliphatic heterocycles. The van der Waals surface area contributed by atoms with Crippen LogP contribution in [-0.2, 0) is 4.74 Å². The fourth-order valence-corrected chi connectivity index (χ4v) is 1.71. The number of rotatable bonds is 7. The Bertz CT molecular complexity index is 383. The molecule has 0 atom stereocenters. The van der Waals surface area contributed by atoms with Crippen molar-refractivity contribution in [1.29, 1.82) is 0 Å². The lowest BCUT2D eigenvalue weighted by Gasteiger charge is -2.07. The zero-order chi connectivity index (χ0) is 13.4. The Kier molecular flexibility index (Phi) is 6.90. The van der Waals surface area contributed by atoms with E-state index < -0.39 is 0 Å². The summed E-state index contributed by atoms with van der Waals surface area (Å²) in [6.45, 7) is 6.30. The molecule has 0 aromatic carbocycles. The van der Waals surface area contributed by atoms with E-state index in [2.05, 4.69) is 40.1 Å². The summed E-state index contributed by atoms with van der Waals surface area (Å²) in [5, 5.41) is 2.85. The molecule has 0 spiro atoms. The molecule has 1 aromatic rings. The minimum Gasteiger partial charge on any atom is -0.381 e. The van der Waals surface area contributed by atoms with Gasteiger partial charge in [-0.15, -0.1) is 0 Å². The van der Waals surface area contributed by atoms with Gasteiger partial charge in [0.05, 0.1) is 0 Å². The van der Waals surface area contributed by atoms with Crippen molar-refractivity contribution in [2.45, 2.75) is 20.3 Å². The lowest BCUT2D eigenvalue weighted by molar-refractivity contribution is 0.0925. The molecule has 0 saturated heterocycles. The van der Waals surface area contributed by atoms with E-state index in [0.29, 0.717) is 29.2 Å². The van der Waals surface area contributed by atoms with Gasteiger partial charge in [0.15, 0.2) is 0 Å². The molecule has 1 rings (SSSR count). The number of nitrogens with one attached hydrogen (secondary N) is 1. The van der Waals surface area contributed by atoms with Crippen molar-refractivity contribution in [2.75, 3.05) is 19.8 Å². The lowest BCUT2D eigenvalue weighted by Crippen LogP contribution is -2.25. The molecular weight excluding hydrogens is 296 g/mol. The Hall–Kier alpha value is -0.940. The first-order valence-corrected chi connectivity index (χ1v) is 6.86. The Morgan fingerprint density at radius 1 is 1.56 bits per heavy atom. The van der Waals surface area contributed by atoms with Gasteiger partial charge in [0.25, 0.3) is 5.91 Å². The van der Waals surface area contributed by atoms with E-state index in [4.69, 9.17) is 4.74 Å². The summed E-state index contributed by atoms with van der Waals surface area (Å²) in [4.78, 5) is 15.7. The maximum absolute atomic E-state index is 11.7. The first-order chi connectivity index (χ1) is 8.59. The van der Waals surface area contributed by atoms with E-state index in [9.17, 15) is 4.79 Å². The van der Waals surface area contributed by atoms with E-state index in [1.54, 1.807) is 18.3 Å². The monoisotopic (exact) mass is 314 g/mol. The van der Waals surface area contributed by atoms with Gasteiger partial charge < -0.3 is 10.1 Å². The van der Waals surface area contributed by atoms with Crippen LogP contribution in [0.5, 0.6) is 0 Å². The number of carbonyl (C=O) groups excluding carboxylic acids is 1. The number of ether oxygens (including phenoxy) is 1. The normalized spacial score (nSPS) is 10.7. The summed E-state index contributed by atoms with van der Waals surface area (Å²) >= 11 is 3.24. The SMILES string of the molecule is CC(C)COCCCNC(=O)c1ccnc(Br)c1. The summed E-state index contributed by atoms with van der Waals surface area (Å²) in [7, 11) is 0. The van der Waals surface area contributed by atoms with Crippen molar-refractivity contribution in [3.63, 3.8) is 0 Å². The molecule has 0 aliphatic rings. The maximum Gasteiger partial charge on any atom is 0.251 e. The summed E-state index contributed by atoms with van der Waals surface area (Å²) in [5.74, 6) is 0.468. The maximum atomic E-state index is 11.7. The van der Waals surface area contributed by atoms with Gasteiger partial charge in [-0.3, -0.25) is 4.79 Å². The molecule has 1 N–H and O–H groups in total. The van der Waals surface area contributed by atoms with Crippen LogP contribution in [0.3, 0.4) is 0 Å². The Morgan fingerprint density at radius 3 is 3.00 bits per heavy atom. The first-order valence-electron chi connectivity index (χ1n) is 6.07. The summed E-state index contributed by atoms with van der Waals surface area (Å²) in [5.41, 5.74) is 0.611. The molecule has 0 saturated carbocycles. The van der Waals surface area contributed by atoms with E-state index in [0.717, 1.165) is 13.0 Å². The predicted molar refractivity (Wildman–Crippen MR) is 74.5 cm³/mol. The van der Waals surface area contributed by atoms with Gasteiger partial charge in [-0.2, -0.15) is 0 Å². The number of pyridine rings is 1. The van der Waals surface area contributed by atoms with Gasteiger partial charge in [0.2, 0.25) is 0 Å². The third kappa shape index (κ3) is 6.12. The molecule has 1 aromatic heterocycles. The average molecular weight is 315 g/mol. The second kappa shape index (κ2) is 8.21. The highest BCUT2D eigenvalue weighted by molar-refractivity contribution is 9.10. The predicted octanol–water partition coefficient (Wildman–Crippen LogP) is 2.64. The molecule has 0 aliphatic carbocycles. The number of halogens is 1. The molecular formula is C13H19BrN2O2. The molecule has 0 unspecified atom stereocenters. The molecule has 18 heavy (non-hydrogen) atoms. The highest BCUT2D eigenvalue weighted by atomic mass is 79.9. The molecule has 1 heterocycles. The summed E-state index contributed by atoms with van der Waals surface area (Å²) < 4.78 is 6.10. The van der Waals surface area contributed by atoms with E-state index in [1.165, 1.54) is 0 Å². The van der Waals surface area contributed by atoms with Gasteiger partial charge in [0.1, 0.15) is 4.60 Å². The number of carbonyl (C=O) groups is 1. The van der Waals surface area contributed by atoms with Crippen LogP contribution >= 0.6 is 15.9 Å². The van der Waals surface area contributed by atoms with Crippen LogP contribution in [0.4, 0.5) is 0 Å². The standard InChI is InChI=1S/C13H19BrN2O2/c1-10(2)9-18-7-3-5-16-13(17)11-4-6-15-12(14)8-11/h4,6,8,10H,3,5,7,9H2,1-2H3,(H,16,17). The van der Waals surface area contributed by atoms with Crippen molar-refractivity contribution in [2.24, 2.45) is 5.92 Å². The minimum atomic E-state index is -0.0815. The van der Waals surface area contributed by atoms with E-state index >= 15 is 0 Å². The Morgan fingerprint density at radius 2 is 2.33 bits per heavy atom. The molecule has 0 bridgehead atoms. The van der Waals surface area contributed by atoms with Gasteiger partial charge in [-0.1, -0.05) is 13.8 Å². The van der Waals surface area contributed by atoms with Crippen molar-refractivity contribution >= 4 is 21.8 Å².